The van der Waals surface area contributed by atoms with E-state index in [-0.39, 0.29) is 5.91 Å². The van der Waals surface area contributed by atoms with Crippen molar-refractivity contribution in [2.24, 2.45) is 0 Å². The second kappa shape index (κ2) is 11.3. The SMILES string of the molecule is CCCCCCCCNC(=O)c1cc(-c2ccc(OC)c(OC)c2)nc2ccccc12. The minimum Gasteiger partial charge on any atom is -0.493 e. The lowest BCUT2D eigenvalue weighted by Gasteiger charge is -2.12. The van der Waals surface area contributed by atoms with Gasteiger partial charge in [-0.15, -0.1) is 0 Å². The Balaban J connectivity index is 1.82. The van der Waals surface area contributed by atoms with Crippen molar-refractivity contribution in [3.63, 3.8) is 0 Å². The highest BCUT2D eigenvalue weighted by Crippen LogP contribution is 2.33. The van der Waals surface area contributed by atoms with Crippen LogP contribution in [0.3, 0.4) is 0 Å². The van der Waals surface area contributed by atoms with Crippen LogP contribution in [-0.4, -0.2) is 31.7 Å². The van der Waals surface area contributed by atoms with Crippen molar-refractivity contribution in [2.75, 3.05) is 20.8 Å². The zero-order valence-corrected chi connectivity index (χ0v) is 18.7. The molecule has 0 atom stereocenters. The van der Waals surface area contributed by atoms with Crippen LogP contribution in [0.25, 0.3) is 22.2 Å². The molecule has 0 aliphatic rings. The second-order valence-corrected chi connectivity index (χ2v) is 7.67. The van der Waals surface area contributed by atoms with E-state index in [1.54, 1.807) is 14.2 Å². The van der Waals surface area contributed by atoms with Crippen LogP contribution in [0, 0.1) is 0 Å². The zero-order chi connectivity index (χ0) is 22.1. The number of amides is 1. The van der Waals surface area contributed by atoms with Gasteiger partial charge in [-0.05, 0) is 36.8 Å². The van der Waals surface area contributed by atoms with Gasteiger partial charge in [0.1, 0.15) is 0 Å². The largest absolute Gasteiger partial charge is 0.493 e. The van der Waals surface area contributed by atoms with Gasteiger partial charge >= 0.3 is 0 Å². The summed E-state index contributed by atoms with van der Waals surface area (Å²) in [6.07, 6.45) is 7.18. The zero-order valence-electron chi connectivity index (χ0n) is 18.7. The lowest BCUT2D eigenvalue weighted by Crippen LogP contribution is -2.24. The summed E-state index contributed by atoms with van der Waals surface area (Å²) < 4.78 is 10.8. The van der Waals surface area contributed by atoms with Gasteiger partial charge in [0.05, 0.1) is 31.0 Å². The number of methoxy groups -OCH3 is 2. The van der Waals surface area contributed by atoms with Gasteiger partial charge in [-0.1, -0.05) is 57.2 Å². The molecule has 0 spiro atoms. The fourth-order valence-corrected chi connectivity index (χ4v) is 3.71. The smallest absolute Gasteiger partial charge is 0.252 e. The lowest BCUT2D eigenvalue weighted by atomic mass is 10.0. The van der Waals surface area contributed by atoms with E-state index in [4.69, 9.17) is 14.5 Å². The number of benzene rings is 2. The molecule has 2 aromatic carbocycles. The number of rotatable bonds is 11. The van der Waals surface area contributed by atoms with E-state index in [1.165, 1.54) is 25.7 Å². The van der Waals surface area contributed by atoms with E-state index in [1.807, 2.05) is 48.5 Å². The Hall–Kier alpha value is -3.08. The quantitative estimate of drug-likeness (QED) is 0.386. The molecule has 5 nitrogen and oxygen atoms in total. The Morgan fingerprint density at radius 1 is 0.903 bits per heavy atom. The van der Waals surface area contributed by atoms with Gasteiger partial charge in [-0.25, -0.2) is 4.98 Å². The molecule has 164 valence electrons. The minimum atomic E-state index is -0.0612. The van der Waals surface area contributed by atoms with Gasteiger partial charge in [-0.2, -0.15) is 0 Å². The summed E-state index contributed by atoms with van der Waals surface area (Å²) in [7, 11) is 3.22. The second-order valence-electron chi connectivity index (χ2n) is 7.67. The topological polar surface area (TPSA) is 60.5 Å². The van der Waals surface area contributed by atoms with Gasteiger partial charge in [0.15, 0.2) is 11.5 Å². The van der Waals surface area contributed by atoms with Gasteiger partial charge in [0.2, 0.25) is 0 Å². The fraction of sp³-hybridized carbons (Fsp3) is 0.385. The highest BCUT2D eigenvalue weighted by molar-refractivity contribution is 6.07. The molecule has 31 heavy (non-hydrogen) atoms. The number of para-hydroxylation sites is 1. The molecule has 0 saturated carbocycles. The molecule has 0 fully saturated rings. The Bertz CT molecular complexity index is 1020. The molecule has 0 bridgehead atoms. The fourth-order valence-electron chi connectivity index (χ4n) is 3.71. The van der Waals surface area contributed by atoms with Crippen LogP contribution in [0.5, 0.6) is 11.5 Å². The summed E-state index contributed by atoms with van der Waals surface area (Å²) in [6.45, 7) is 2.91. The van der Waals surface area contributed by atoms with Crippen LogP contribution < -0.4 is 14.8 Å². The number of nitrogens with zero attached hydrogens (tertiary/aromatic N) is 1. The molecule has 1 heterocycles. The molecule has 3 aromatic rings. The molecular formula is C26H32N2O3. The molecule has 1 amide bonds. The van der Waals surface area contributed by atoms with Gasteiger partial charge < -0.3 is 14.8 Å². The number of aromatic nitrogens is 1. The monoisotopic (exact) mass is 420 g/mol. The van der Waals surface area contributed by atoms with Crippen molar-refractivity contribution in [2.45, 2.75) is 45.4 Å². The highest BCUT2D eigenvalue weighted by atomic mass is 16.5. The number of hydrogen-bond donors (Lipinski definition) is 1. The molecule has 3 rings (SSSR count). The normalized spacial score (nSPS) is 10.8. The van der Waals surface area contributed by atoms with E-state index in [2.05, 4.69) is 12.2 Å². The van der Waals surface area contributed by atoms with Crippen molar-refractivity contribution >= 4 is 16.8 Å². The Labute approximate surface area is 184 Å². The summed E-state index contributed by atoms with van der Waals surface area (Å²) >= 11 is 0. The molecule has 1 aromatic heterocycles. The van der Waals surface area contributed by atoms with E-state index >= 15 is 0 Å². The van der Waals surface area contributed by atoms with Crippen LogP contribution in [-0.2, 0) is 0 Å². The first-order chi connectivity index (χ1) is 15.2. The predicted octanol–water partition coefficient (Wildman–Crippen LogP) is 6.01. The third-order valence-corrected chi connectivity index (χ3v) is 5.46. The van der Waals surface area contributed by atoms with Crippen LogP contribution in [0.2, 0.25) is 0 Å². The highest BCUT2D eigenvalue weighted by Gasteiger charge is 2.15. The summed E-state index contributed by atoms with van der Waals surface area (Å²) in [6, 6.07) is 15.3. The van der Waals surface area contributed by atoms with E-state index in [9.17, 15) is 4.79 Å². The third-order valence-electron chi connectivity index (χ3n) is 5.46. The molecule has 0 radical (unpaired) electrons. The molecule has 5 heteroatoms. The predicted molar refractivity (Wildman–Crippen MR) is 126 cm³/mol. The van der Waals surface area contributed by atoms with Crippen LogP contribution in [0.15, 0.2) is 48.5 Å². The Kier molecular flexibility index (Phi) is 8.27. The third kappa shape index (κ3) is 5.75. The summed E-state index contributed by atoms with van der Waals surface area (Å²) in [5, 5.41) is 3.94. The molecule has 0 aliphatic carbocycles. The number of hydrogen-bond acceptors (Lipinski definition) is 4. The van der Waals surface area contributed by atoms with E-state index in [0.29, 0.717) is 23.6 Å². The van der Waals surface area contributed by atoms with Crippen molar-refractivity contribution in [1.82, 2.24) is 10.3 Å². The molecular weight excluding hydrogens is 388 g/mol. The van der Waals surface area contributed by atoms with Crippen LogP contribution in [0.4, 0.5) is 0 Å². The number of fused-ring (bicyclic) bond motifs is 1. The number of carbonyl (C=O) groups is 1. The number of carbonyl (C=O) groups excluding carboxylic acids is 1. The van der Waals surface area contributed by atoms with Crippen LogP contribution >= 0.6 is 0 Å². The molecule has 0 saturated heterocycles. The summed E-state index contributed by atoms with van der Waals surface area (Å²) in [4.78, 5) is 17.8. The maximum atomic E-state index is 13.0. The Morgan fingerprint density at radius 2 is 1.65 bits per heavy atom. The van der Waals surface area contributed by atoms with Crippen molar-refractivity contribution < 1.29 is 14.3 Å². The van der Waals surface area contributed by atoms with Crippen molar-refractivity contribution in [3.8, 4) is 22.8 Å². The number of ether oxygens (including phenoxy) is 2. The van der Waals surface area contributed by atoms with Crippen molar-refractivity contribution in [1.29, 1.82) is 0 Å². The number of pyridine rings is 1. The van der Waals surface area contributed by atoms with Gasteiger partial charge in [0, 0.05) is 17.5 Å². The van der Waals surface area contributed by atoms with Gasteiger partial charge in [0.25, 0.3) is 5.91 Å². The van der Waals surface area contributed by atoms with Gasteiger partial charge in [-0.3, -0.25) is 4.79 Å². The number of unbranched alkanes of at least 4 members (excludes halogenated alkanes) is 5. The number of nitrogens with one attached hydrogen (secondary N) is 1. The van der Waals surface area contributed by atoms with Crippen molar-refractivity contribution in [3.05, 3.63) is 54.1 Å². The Morgan fingerprint density at radius 3 is 2.42 bits per heavy atom. The van der Waals surface area contributed by atoms with Crippen LogP contribution in [0.1, 0.15) is 55.8 Å². The maximum absolute atomic E-state index is 13.0. The first-order valence-corrected chi connectivity index (χ1v) is 11.1. The standard InChI is InChI=1S/C26H32N2O3/c1-4-5-6-7-8-11-16-27-26(29)21-18-23(28-22-13-10-9-12-20(21)22)19-14-15-24(30-2)25(17-19)31-3/h9-10,12-15,17-18H,4-8,11,16H2,1-3H3,(H,27,29). The van der Waals surface area contributed by atoms with E-state index in [0.717, 1.165) is 35.0 Å². The average molecular weight is 421 g/mol. The first kappa shape index (κ1) is 22.6. The maximum Gasteiger partial charge on any atom is 0.252 e. The molecule has 0 unspecified atom stereocenters. The average Bonchev–Trinajstić information content (AvgIpc) is 2.82. The molecule has 1 N–H and O–H groups in total. The summed E-state index contributed by atoms with van der Waals surface area (Å²) in [5.74, 6) is 1.22. The van der Waals surface area contributed by atoms with E-state index < -0.39 is 0 Å². The first-order valence-electron chi connectivity index (χ1n) is 11.1. The lowest BCUT2D eigenvalue weighted by molar-refractivity contribution is 0.0954. The minimum absolute atomic E-state index is 0.0612. The molecule has 0 aliphatic heterocycles. The summed E-state index contributed by atoms with van der Waals surface area (Å²) in [5.41, 5.74) is 3.03.